The van der Waals surface area contributed by atoms with Gasteiger partial charge in [-0.3, -0.25) is 0 Å². The monoisotopic (exact) mass is 390 g/mol. The van der Waals surface area contributed by atoms with Crippen LogP contribution in [0, 0.1) is 16.5 Å². The van der Waals surface area contributed by atoms with E-state index in [-0.39, 0.29) is 5.69 Å². The first-order valence-electron chi connectivity index (χ1n) is 9.29. The van der Waals surface area contributed by atoms with Gasteiger partial charge in [0.15, 0.2) is 17.2 Å². The average molecular weight is 390 g/mol. The lowest BCUT2D eigenvalue weighted by Gasteiger charge is -2.18. The van der Waals surface area contributed by atoms with Crippen LogP contribution in [-0.2, 0) is 13.0 Å². The number of nitriles is 1. The van der Waals surface area contributed by atoms with Crippen molar-refractivity contribution in [2.24, 2.45) is 0 Å². The van der Waals surface area contributed by atoms with E-state index in [9.17, 15) is 10.5 Å². The molecule has 148 valence electrons. The number of benzene rings is 2. The van der Waals surface area contributed by atoms with E-state index in [0.717, 1.165) is 33.5 Å². The van der Waals surface area contributed by atoms with Crippen molar-refractivity contribution in [1.29, 1.82) is 5.26 Å². The molecule has 7 heteroatoms. The summed E-state index contributed by atoms with van der Waals surface area (Å²) in [5.41, 5.74) is 4.38. The lowest BCUT2D eigenvalue weighted by Crippen LogP contribution is -2.31. The van der Waals surface area contributed by atoms with Gasteiger partial charge in [0.2, 0.25) is 0 Å². The first kappa shape index (κ1) is 18.7. The second-order valence-corrected chi connectivity index (χ2v) is 7.13. The predicted octanol–water partition coefficient (Wildman–Crippen LogP) is 2.97. The van der Waals surface area contributed by atoms with Crippen LogP contribution in [0.3, 0.4) is 0 Å². The van der Waals surface area contributed by atoms with Crippen LogP contribution >= 0.6 is 0 Å². The number of imidazole rings is 1. The maximum Gasteiger partial charge on any atom is 0.293 e. The SMILES string of the molecule is COc1cc2c(cc1OC)-c1c(C#N)[n+]([O-])c(-c3ccc(N(C)C)cc3)n1CC2. The van der Waals surface area contributed by atoms with Crippen molar-refractivity contribution in [2.45, 2.75) is 13.0 Å². The number of hydrogen-bond acceptors (Lipinski definition) is 5. The van der Waals surface area contributed by atoms with Crippen LogP contribution in [0.4, 0.5) is 5.69 Å². The summed E-state index contributed by atoms with van der Waals surface area (Å²) < 4.78 is 13.5. The van der Waals surface area contributed by atoms with Gasteiger partial charge in [-0.25, -0.2) is 9.30 Å². The molecule has 0 N–H and O–H groups in total. The van der Waals surface area contributed by atoms with Gasteiger partial charge in [-0.2, -0.15) is 5.26 Å². The van der Waals surface area contributed by atoms with Crippen LogP contribution in [-0.4, -0.2) is 32.9 Å². The smallest absolute Gasteiger partial charge is 0.293 e. The molecule has 0 amide bonds. The third kappa shape index (κ3) is 2.85. The molecule has 0 saturated heterocycles. The van der Waals surface area contributed by atoms with E-state index in [1.165, 1.54) is 0 Å². The molecule has 7 nitrogen and oxygen atoms in total. The van der Waals surface area contributed by atoms with Crippen molar-refractivity contribution in [3.63, 3.8) is 0 Å². The molecule has 0 saturated carbocycles. The summed E-state index contributed by atoms with van der Waals surface area (Å²) >= 11 is 0. The fraction of sp³-hybridized carbons (Fsp3) is 0.273. The summed E-state index contributed by atoms with van der Waals surface area (Å²) in [5.74, 6) is 1.68. The van der Waals surface area contributed by atoms with Crippen molar-refractivity contribution in [3.05, 3.63) is 52.9 Å². The quantitative estimate of drug-likeness (QED) is 0.506. The maximum atomic E-state index is 13.1. The van der Waals surface area contributed by atoms with E-state index in [1.807, 2.05) is 60.0 Å². The second kappa shape index (κ2) is 7.06. The zero-order chi connectivity index (χ0) is 20.7. The Labute approximate surface area is 169 Å². The number of aromatic nitrogens is 2. The van der Waals surface area contributed by atoms with Gasteiger partial charge in [-0.1, -0.05) is 0 Å². The zero-order valence-electron chi connectivity index (χ0n) is 16.9. The largest absolute Gasteiger partial charge is 0.710 e. The molecule has 0 spiro atoms. The van der Waals surface area contributed by atoms with Gasteiger partial charge in [0.1, 0.15) is 6.07 Å². The van der Waals surface area contributed by atoms with Gasteiger partial charge in [-0.05, 0) is 42.0 Å². The van der Waals surface area contributed by atoms with E-state index in [0.29, 0.717) is 29.6 Å². The molecule has 0 radical (unpaired) electrons. The first-order valence-corrected chi connectivity index (χ1v) is 9.29. The standard InChI is InChI=1S/C22H22N4O3/c1-24(2)16-7-5-14(6-8-16)22-25-10-9-15-11-19(28-3)20(29-4)12-17(15)21(25)18(13-23)26(22)27/h5-8,11-12H,9-10H2,1-4H3. The number of aryl methyl sites for hydroxylation is 1. The fourth-order valence-corrected chi connectivity index (χ4v) is 3.90. The van der Waals surface area contributed by atoms with Crippen LogP contribution in [0.25, 0.3) is 22.6 Å². The Morgan fingerprint density at radius 2 is 1.76 bits per heavy atom. The lowest BCUT2D eigenvalue weighted by atomic mass is 9.96. The molecule has 0 bridgehead atoms. The minimum Gasteiger partial charge on any atom is -0.710 e. The Morgan fingerprint density at radius 3 is 2.34 bits per heavy atom. The van der Waals surface area contributed by atoms with E-state index >= 15 is 0 Å². The molecular formula is C22H22N4O3. The average Bonchev–Trinajstić information content (AvgIpc) is 3.03. The van der Waals surface area contributed by atoms with Crippen LogP contribution in [0.15, 0.2) is 36.4 Å². The highest BCUT2D eigenvalue weighted by Gasteiger charge is 2.34. The molecule has 1 aromatic heterocycles. The van der Waals surface area contributed by atoms with E-state index in [1.54, 1.807) is 14.2 Å². The van der Waals surface area contributed by atoms with E-state index in [2.05, 4.69) is 6.07 Å². The van der Waals surface area contributed by atoms with E-state index in [4.69, 9.17) is 9.47 Å². The highest BCUT2D eigenvalue weighted by Crippen LogP contribution is 2.41. The van der Waals surface area contributed by atoms with Gasteiger partial charge < -0.3 is 19.6 Å². The van der Waals surface area contributed by atoms with Crippen LogP contribution < -0.4 is 19.1 Å². The Hall–Kier alpha value is -3.66. The van der Waals surface area contributed by atoms with Gasteiger partial charge in [-0.15, -0.1) is 0 Å². The maximum absolute atomic E-state index is 13.1. The normalized spacial score (nSPS) is 12.0. The molecule has 0 aliphatic carbocycles. The van der Waals surface area contributed by atoms with Gasteiger partial charge in [0.05, 0.1) is 26.3 Å². The molecule has 2 aromatic carbocycles. The number of rotatable bonds is 4. The minimum atomic E-state index is 0.0878. The molecule has 0 atom stereocenters. The zero-order valence-corrected chi connectivity index (χ0v) is 16.9. The van der Waals surface area contributed by atoms with Crippen LogP contribution in [0.2, 0.25) is 0 Å². The minimum absolute atomic E-state index is 0.0878. The Morgan fingerprint density at radius 1 is 1.10 bits per heavy atom. The molecule has 1 aliphatic rings. The molecule has 0 fully saturated rings. The van der Waals surface area contributed by atoms with E-state index < -0.39 is 0 Å². The second-order valence-electron chi connectivity index (χ2n) is 7.13. The molecule has 0 unspecified atom stereocenters. The summed E-state index contributed by atoms with van der Waals surface area (Å²) in [6, 6.07) is 13.6. The third-order valence-electron chi connectivity index (χ3n) is 5.36. The first-order chi connectivity index (χ1) is 14.0. The molecule has 3 aromatic rings. The van der Waals surface area contributed by atoms with Crippen molar-refractivity contribution in [3.8, 4) is 40.2 Å². The molecule has 4 rings (SSSR count). The number of hydrogen-bond donors (Lipinski definition) is 0. The summed E-state index contributed by atoms with van der Waals surface area (Å²) in [6.07, 6.45) is 0.727. The summed E-state index contributed by atoms with van der Waals surface area (Å²) in [6.45, 7) is 0.604. The summed E-state index contributed by atoms with van der Waals surface area (Å²) in [5, 5.41) is 22.9. The number of anilines is 1. The van der Waals surface area contributed by atoms with Crippen molar-refractivity contribution in [2.75, 3.05) is 33.2 Å². The summed E-state index contributed by atoms with van der Waals surface area (Å²) in [7, 11) is 7.10. The molecular weight excluding hydrogens is 368 g/mol. The molecule has 1 aliphatic heterocycles. The van der Waals surface area contributed by atoms with Crippen LogP contribution in [0.5, 0.6) is 11.5 Å². The summed E-state index contributed by atoms with van der Waals surface area (Å²) in [4.78, 5) is 2.00. The predicted molar refractivity (Wildman–Crippen MR) is 110 cm³/mol. The molecule has 29 heavy (non-hydrogen) atoms. The Balaban J connectivity index is 1.94. The third-order valence-corrected chi connectivity index (χ3v) is 5.36. The highest BCUT2D eigenvalue weighted by molar-refractivity contribution is 5.75. The Kier molecular flexibility index (Phi) is 4.55. The van der Waals surface area contributed by atoms with Crippen molar-refractivity contribution in [1.82, 2.24) is 4.57 Å². The van der Waals surface area contributed by atoms with Crippen molar-refractivity contribution >= 4 is 5.69 Å². The van der Waals surface area contributed by atoms with Crippen LogP contribution in [0.1, 0.15) is 11.3 Å². The Bertz CT molecular complexity index is 1120. The highest BCUT2D eigenvalue weighted by atomic mass is 16.5. The fourth-order valence-electron chi connectivity index (χ4n) is 3.90. The molecule has 2 heterocycles. The van der Waals surface area contributed by atoms with Gasteiger partial charge >= 0.3 is 0 Å². The van der Waals surface area contributed by atoms with Gasteiger partial charge in [0, 0.05) is 31.8 Å². The topological polar surface area (TPSA) is 77.4 Å². The number of fused-ring (bicyclic) bond motifs is 3. The number of methoxy groups -OCH3 is 2. The lowest BCUT2D eigenvalue weighted by molar-refractivity contribution is -0.595. The van der Waals surface area contributed by atoms with Gasteiger partial charge in [0.25, 0.3) is 11.5 Å². The number of nitrogens with zero attached hydrogens (tertiary/aromatic N) is 4. The number of ether oxygens (including phenoxy) is 2. The van der Waals surface area contributed by atoms with Crippen molar-refractivity contribution < 1.29 is 14.2 Å².